The van der Waals surface area contributed by atoms with Crippen LogP contribution in [0.1, 0.15) is 49.7 Å². The van der Waals surface area contributed by atoms with Crippen LogP contribution in [0.2, 0.25) is 0 Å². The molecule has 1 heterocycles. The standard InChI is InChI=1S/C27H32N4/c1-20(22-9-5-3-6-10-22)15-17-31(18-16-21(2)23-11-7-4-8-12-23)24-13-14-25-26(19-24)30-27(28)29-25/h3-14,19-21H,15-18H2,1-2H3,(H3,28,29,30). The Labute approximate surface area is 185 Å². The number of hydrogen-bond acceptors (Lipinski definition) is 3. The second kappa shape index (κ2) is 9.69. The fourth-order valence-corrected chi connectivity index (χ4v) is 4.18. The number of imidazole rings is 1. The highest BCUT2D eigenvalue weighted by Gasteiger charge is 2.14. The van der Waals surface area contributed by atoms with E-state index in [9.17, 15) is 0 Å². The molecule has 2 atom stereocenters. The van der Waals surface area contributed by atoms with E-state index in [0.29, 0.717) is 17.8 Å². The first-order valence-electron chi connectivity index (χ1n) is 11.2. The Morgan fingerprint density at radius 1 is 0.806 bits per heavy atom. The summed E-state index contributed by atoms with van der Waals surface area (Å²) in [5.74, 6) is 1.50. The van der Waals surface area contributed by atoms with E-state index >= 15 is 0 Å². The van der Waals surface area contributed by atoms with Crippen LogP contribution < -0.4 is 10.6 Å². The number of H-pyrrole nitrogens is 1. The summed E-state index contributed by atoms with van der Waals surface area (Å²) in [7, 11) is 0. The van der Waals surface area contributed by atoms with Gasteiger partial charge in [0.15, 0.2) is 5.95 Å². The van der Waals surface area contributed by atoms with Gasteiger partial charge in [0.05, 0.1) is 11.0 Å². The monoisotopic (exact) mass is 412 g/mol. The maximum Gasteiger partial charge on any atom is 0.198 e. The maximum absolute atomic E-state index is 5.86. The summed E-state index contributed by atoms with van der Waals surface area (Å²) < 4.78 is 0. The van der Waals surface area contributed by atoms with Crippen molar-refractivity contribution < 1.29 is 0 Å². The van der Waals surface area contributed by atoms with Crippen LogP contribution in [0.4, 0.5) is 11.6 Å². The minimum atomic E-state index is 0.467. The van der Waals surface area contributed by atoms with Crippen LogP contribution in [0.3, 0.4) is 0 Å². The summed E-state index contributed by atoms with van der Waals surface area (Å²) >= 11 is 0. The molecule has 0 aliphatic heterocycles. The second-order valence-electron chi connectivity index (χ2n) is 8.51. The summed E-state index contributed by atoms with van der Waals surface area (Å²) in [6.07, 6.45) is 2.21. The van der Waals surface area contributed by atoms with Gasteiger partial charge >= 0.3 is 0 Å². The lowest BCUT2D eigenvalue weighted by atomic mass is 9.96. The third-order valence-corrected chi connectivity index (χ3v) is 6.25. The van der Waals surface area contributed by atoms with Crippen molar-refractivity contribution in [1.82, 2.24) is 9.97 Å². The quantitative estimate of drug-likeness (QED) is 0.337. The zero-order chi connectivity index (χ0) is 21.6. The zero-order valence-electron chi connectivity index (χ0n) is 18.5. The van der Waals surface area contributed by atoms with E-state index in [2.05, 4.69) is 108 Å². The third-order valence-electron chi connectivity index (χ3n) is 6.25. The van der Waals surface area contributed by atoms with Crippen LogP contribution in [0, 0.1) is 0 Å². The summed E-state index contributed by atoms with van der Waals surface area (Å²) in [4.78, 5) is 10.0. The fourth-order valence-electron chi connectivity index (χ4n) is 4.18. The lowest BCUT2D eigenvalue weighted by molar-refractivity contribution is 0.606. The summed E-state index contributed by atoms with van der Waals surface area (Å²) in [5.41, 5.74) is 11.8. The molecular formula is C27H32N4. The number of rotatable bonds is 9. The Morgan fingerprint density at radius 3 is 1.90 bits per heavy atom. The highest BCUT2D eigenvalue weighted by molar-refractivity contribution is 5.81. The molecule has 0 aliphatic rings. The average molecular weight is 413 g/mol. The molecule has 3 aromatic carbocycles. The van der Waals surface area contributed by atoms with E-state index in [4.69, 9.17) is 5.73 Å². The largest absolute Gasteiger partial charge is 0.371 e. The van der Waals surface area contributed by atoms with Crippen molar-refractivity contribution in [3.8, 4) is 0 Å². The Hall–Kier alpha value is -3.27. The average Bonchev–Trinajstić information content (AvgIpc) is 3.19. The van der Waals surface area contributed by atoms with E-state index in [-0.39, 0.29) is 0 Å². The minimum absolute atomic E-state index is 0.467. The van der Waals surface area contributed by atoms with Gasteiger partial charge in [-0.1, -0.05) is 74.5 Å². The topological polar surface area (TPSA) is 57.9 Å². The number of aromatic nitrogens is 2. The molecule has 31 heavy (non-hydrogen) atoms. The number of hydrogen-bond donors (Lipinski definition) is 2. The summed E-state index contributed by atoms with van der Waals surface area (Å²) in [6.45, 7) is 6.65. The molecule has 4 heteroatoms. The summed E-state index contributed by atoms with van der Waals surface area (Å²) in [5, 5.41) is 0. The minimum Gasteiger partial charge on any atom is -0.371 e. The predicted octanol–water partition coefficient (Wildman–Crippen LogP) is 6.34. The van der Waals surface area contributed by atoms with E-state index in [1.807, 2.05) is 0 Å². The van der Waals surface area contributed by atoms with Crippen molar-refractivity contribution in [3.05, 3.63) is 90.0 Å². The molecule has 3 N–H and O–H groups in total. The van der Waals surface area contributed by atoms with Gasteiger partial charge in [-0.05, 0) is 54.0 Å². The second-order valence-corrected chi connectivity index (χ2v) is 8.51. The van der Waals surface area contributed by atoms with E-state index in [0.717, 1.165) is 37.0 Å². The highest BCUT2D eigenvalue weighted by Crippen LogP contribution is 2.26. The molecule has 2 unspecified atom stereocenters. The molecule has 0 radical (unpaired) electrons. The molecule has 0 spiro atoms. The normalized spacial score (nSPS) is 13.2. The van der Waals surface area contributed by atoms with Gasteiger partial charge in [0, 0.05) is 18.8 Å². The van der Waals surface area contributed by atoms with Gasteiger partial charge in [-0.15, -0.1) is 0 Å². The number of nitrogens with zero attached hydrogens (tertiary/aromatic N) is 2. The smallest absolute Gasteiger partial charge is 0.198 e. The molecule has 4 rings (SSSR count). The fraction of sp³-hybridized carbons (Fsp3) is 0.296. The Balaban J connectivity index is 1.50. The number of aromatic amines is 1. The first kappa shape index (κ1) is 21.0. The van der Waals surface area contributed by atoms with Gasteiger partial charge in [0.25, 0.3) is 0 Å². The molecule has 0 aliphatic carbocycles. The molecule has 0 amide bonds. The molecule has 0 bridgehead atoms. The van der Waals surface area contributed by atoms with Gasteiger partial charge in [-0.25, -0.2) is 4.98 Å². The Morgan fingerprint density at radius 2 is 1.35 bits per heavy atom. The van der Waals surface area contributed by atoms with Gasteiger partial charge in [-0.2, -0.15) is 0 Å². The third kappa shape index (κ3) is 5.26. The van der Waals surface area contributed by atoms with Gasteiger partial charge < -0.3 is 15.6 Å². The first-order chi connectivity index (χ1) is 15.1. The van der Waals surface area contributed by atoms with Gasteiger partial charge in [-0.3, -0.25) is 0 Å². The van der Waals surface area contributed by atoms with Crippen molar-refractivity contribution in [2.75, 3.05) is 23.7 Å². The Kier molecular flexibility index (Phi) is 6.56. The molecule has 0 saturated heterocycles. The van der Waals surface area contributed by atoms with Gasteiger partial charge in [0.1, 0.15) is 0 Å². The first-order valence-corrected chi connectivity index (χ1v) is 11.2. The van der Waals surface area contributed by atoms with Crippen LogP contribution in [0.5, 0.6) is 0 Å². The number of nitrogen functional groups attached to an aromatic ring is 1. The van der Waals surface area contributed by atoms with Crippen LogP contribution in [-0.2, 0) is 0 Å². The number of anilines is 2. The van der Waals surface area contributed by atoms with Crippen molar-refractivity contribution in [1.29, 1.82) is 0 Å². The van der Waals surface area contributed by atoms with Crippen LogP contribution in [0.15, 0.2) is 78.9 Å². The number of nitrogens with two attached hydrogens (primary N) is 1. The molecular weight excluding hydrogens is 380 g/mol. The maximum atomic E-state index is 5.86. The van der Waals surface area contributed by atoms with Crippen LogP contribution >= 0.6 is 0 Å². The molecule has 0 saturated carbocycles. The number of fused-ring (bicyclic) bond motifs is 1. The van der Waals surface area contributed by atoms with Crippen molar-refractivity contribution in [3.63, 3.8) is 0 Å². The van der Waals surface area contributed by atoms with E-state index in [1.54, 1.807) is 0 Å². The molecule has 0 fully saturated rings. The Bertz CT molecular complexity index is 1040. The highest BCUT2D eigenvalue weighted by atomic mass is 15.1. The van der Waals surface area contributed by atoms with Crippen LogP contribution in [-0.4, -0.2) is 23.1 Å². The van der Waals surface area contributed by atoms with Gasteiger partial charge in [0.2, 0.25) is 0 Å². The van der Waals surface area contributed by atoms with Crippen molar-refractivity contribution >= 4 is 22.7 Å². The lowest BCUT2D eigenvalue weighted by Crippen LogP contribution is -2.27. The van der Waals surface area contributed by atoms with Crippen molar-refractivity contribution in [2.45, 2.75) is 38.5 Å². The number of benzene rings is 3. The lowest BCUT2D eigenvalue weighted by Gasteiger charge is -2.28. The predicted molar refractivity (Wildman–Crippen MR) is 132 cm³/mol. The summed E-state index contributed by atoms with van der Waals surface area (Å²) in [6, 6.07) is 28.0. The van der Waals surface area contributed by atoms with Crippen LogP contribution in [0.25, 0.3) is 11.0 Å². The SMILES string of the molecule is CC(CCN(CCC(C)c1ccccc1)c1ccc2nc(N)[nH]c2c1)c1ccccc1. The number of nitrogens with one attached hydrogen (secondary N) is 1. The molecule has 4 nitrogen and oxygen atoms in total. The van der Waals surface area contributed by atoms with E-state index in [1.165, 1.54) is 16.8 Å². The molecule has 160 valence electrons. The molecule has 1 aromatic heterocycles. The van der Waals surface area contributed by atoms with E-state index < -0.39 is 0 Å². The molecule has 4 aromatic rings. The zero-order valence-corrected chi connectivity index (χ0v) is 18.5. The van der Waals surface area contributed by atoms with Crippen molar-refractivity contribution in [2.24, 2.45) is 0 Å².